The van der Waals surface area contributed by atoms with Crippen LogP contribution in [0.15, 0.2) is 4.99 Å². The third-order valence-electron chi connectivity index (χ3n) is 2.01. The van der Waals surface area contributed by atoms with Gasteiger partial charge in [-0.15, -0.1) is 0 Å². The monoisotopic (exact) mass is 245 g/mol. The second kappa shape index (κ2) is 6.10. The summed E-state index contributed by atoms with van der Waals surface area (Å²) >= 11 is 1.65. The van der Waals surface area contributed by atoms with Crippen molar-refractivity contribution in [2.75, 3.05) is 32.6 Å². The molecule has 0 aliphatic carbocycles. The smallest absolute Gasteiger partial charge is 0.241 e. The number of rotatable bonds is 5. The molecule has 0 saturated carbocycles. The highest BCUT2D eigenvalue weighted by molar-refractivity contribution is 8.14. The summed E-state index contributed by atoms with van der Waals surface area (Å²) in [6.45, 7) is 5.46. The lowest BCUT2D eigenvalue weighted by Gasteiger charge is -2.15. The molecule has 1 rings (SSSR count). The Morgan fingerprint density at radius 1 is 1.69 bits per heavy atom. The molecule has 92 valence electrons. The third kappa shape index (κ3) is 4.85. The Balaban J connectivity index is 2.23. The fraction of sp³-hybridized carbons (Fsp3) is 0.800. The Hall–Kier alpha value is -0.750. The quantitative estimate of drug-likeness (QED) is 0.680. The molecule has 6 heteroatoms. The van der Waals surface area contributed by atoms with Gasteiger partial charge in [0.25, 0.3) is 0 Å². The summed E-state index contributed by atoms with van der Waals surface area (Å²) in [6, 6.07) is 0. The molecule has 16 heavy (non-hydrogen) atoms. The molecule has 1 aliphatic heterocycles. The number of hydrogen-bond donors (Lipinski definition) is 2. The third-order valence-corrected chi connectivity index (χ3v) is 3.38. The van der Waals surface area contributed by atoms with Crippen LogP contribution in [0.2, 0.25) is 0 Å². The average molecular weight is 245 g/mol. The highest BCUT2D eigenvalue weighted by Crippen LogP contribution is 2.21. The van der Waals surface area contributed by atoms with Gasteiger partial charge in [-0.25, -0.2) is 0 Å². The highest BCUT2D eigenvalue weighted by atomic mass is 32.2. The summed E-state index contributed by atoms with van der Waals surface area (Å²) < 4.78 is 4.83. The second-order valence-corrected chi connectivity index (χ2v) is 5.23. The van der Waals surface area contributed by atoms with E-state index in [1.807, 2.05) is 0 Å². The molecular formula is C10H19N3O2S. The number of carbonyl (C=O) groups excluding carboxylic acids is 1. The molecule has 1 amide bonds. The van der Waals surface area contributed by atoms with E-state index in [9.17, 15) is 4.79 Å². The number of nitrogens with one attached hydrogen (secondary N) is 2. The van der Waals surface area contributed by atoms with Gasteiger partial charge in [-0.1, -0.05) is 11.8 Å². The molecule has 0 aromatic carbocycles. The van der Waals surface area contributed by atoms with Crippen molar-refractivity contribution >= 4 is 22.8 Å². The molecular weight excluding hydrogens is 226 g/mol. The predicted octanol–water partition coefficient (Wildman–Crippen LogP) is 0.220. The van der Waals surface area contributed by atoms with E-state index < -0.39 is 0 Å². The normalized spacial score (nSPS) is 20.8. The van der Waals surface area contributed by atoms with Crippen molar-refractivity contribution in [3.05, 3.63) is 0 Å². The molecule has 1 heterocycles. The van der Waals surface area contributed by atoms with Gasteiger partial charge in [0.1, 0.15) is 6.54 Å². The fourth-order valence-electron chi connectivity index (χ4n) is 1.19. The topological polar surface area (TPSA) is 62.7 Å². The van der Waals surface area contributed by atoms with Gasteiger partial charge in [0.2, 0.25) is 5.91 Å². The predicted molar refractivity (Wildman–Crippen MR) is 66.9 cm³/mol. The Bertz CT molecular complexity index is 279. The first-order chi connectivity index (χ1) is 7.53. The minimum Gasteiger partial charge on any atom is -0.383 e. The maximum Gasteiger partial charge on any atom is 0.241 e. The number of amides is 1. The minimum absolute atomic E-state index is 0.0725. The summed E-state index contributed by atoms with van der Waals surface area (Å²) in [5, 5.41) is 6.83. The van der Waals surface area contributed by atoms with Crippen molar-refractivity contribution in [1.82, 2.24) is 10.6 Å². The molecule has 0 spiro atoms. The zero-order chi connectivity index (χ0) is 12.0. The van der Waals surface area contributed by atoms with E-state index in [4.69, 9.17) is 4.74 Å². The summed E-state index contributed by atoms with van der Waals surface area (Å²) in [5.74, 6) is 0.911. The number of ether oxygens (including phenoxy) is 1. The van der Waals surface area contributed by atoms with E-state index in [1.165, 1.54) is 0 Å². The molecule has 5 nitrogen and oxygen atoms in total. The lowest BCUT2D eigenvalue weighted by Crippen LogP contribution is -2.37. The molecule has 0 unspecified atom stereocenters. The number of amidine groups is 1. The van der Waals surface area contributed by atoms with E-state index >= 15 is 0 Å². The van der Waals surface area contributed by atoms with E-state index in [0.717, 1.165) is 10.9 Å². The Morgan fingerprint density at radius 2 is 2.44 bits per heavy atom. The number of methoxy groups -OCH3 is 1. The first-order valence-electron chi connectivity index (χ1n) is 5.24. The van der Waals surface area contributed by atoms with Crippen LogP contribution in [0, 0.1) is 0 Å². The fourth-order valence-corrected chi connectivity index (χ4v) is 2.26. The molecule has 0 aromatic rings. The number of hydrogen-bond acceptors (Lipinski definition) is 4. The zero-order valence-electron chi connectivity index (χ0n) is 10.0. The van der Waals surface area contributed by atoms with Gasteiger partial charge in [0.05, 0.1) is 6.61 Å². The molecule has 0 aromatic heterocycles. The maximum atomic E-state index is 11.3. The van der Waals surface area contributed by atoms with Crippen molar-refractivity contribution in [3.8, 4) is 0 Å². The molecule has 0 radical (unpaired) electrons. The number of nitrogens with zero attached hydrogens (tertiary/aromatic N) is 1. The first kappa shape index (κ1) is 13.3. The van der Waals surface area contributed by atoms with Gasteiger partial charge in [-0.2, -0.15) is 0 Å². The number of thioether (sulfide) groups is 1. The Labute approximate surface area is 100 Å². The molecule has 0 atom stereocenters. The van der Waals surface area contributed by atoms with Crippen LogP contribution in [-0.2, 0) is 9.53 Å². The Morgan fingerprint density at radius 3 is 3.00 bits per heavy atom. The Kier molecular flexibility index (Phi) is 5.08. The summed E-state index contributed by atoms with van der Waals surface area (Å²) in [7, 11) is 1.60. The van der Waals surface area contributed by atoms with Crippen LogP contribution >= 0.6 is 11.8 Å². The molecule has 0 bridgehead atoms. The van der Waals surface area contributed by atoms with Crippen LogP contribution in [0.5, 0.6) is 0 Å². The van der Waals surface area contributed by atoms with Crippen LogP contribution in [-0.4, -0.2) is 49.2 Å². The zero-order valence-corrected chi connectivity index (χ0v) is 10.8. The summed E-state index contributed by atoms with van der Waals surface area (Å²) in [4.78, 5) is 15.5. The summed E-state index contributed by atoms with van der Waals surface area (Å²) in [5.41, 5.74) is 0.0794. The van der Waals surface area contributed by atoms with Crippen LogP contribution < -0.4 is 10.6 Å². The van der Waals surface area contributed by atoms with Crippen LogP contribution in [0.4, 0.5) is 0 Å². The molecule has 1 fully saturated rings. The number of aliphatic imine (C=N–C) groups is 1. The van der Waals surface area contributed by atoms with Gasteiger partial charge in [0, 0.05) is 24.9 Å². The maximum absolute atomic E-state index is 11.3. The van der Waals surface area contributed by atoms with E-state index in [0.29, 0.717) is 13.2 Å². The SMILES string of the molecule is COCCNC(=O)CN=C1NC(C)(C)CS1. The summed E-state index contributed by atoms with van der Waals surface area (Å²) in [6.07, 6.45) is 0. The van der Waals surface area contributed by atoms with E-state index in [-0.39, 0.29) is 18.0 Å². The molecule has 1 saturated heterocycles. The van der Waals surface area contributed by atoms with Gasteiger partial charge >= 0.3 is 0 Å². The van der Waals surface area contributed by atoms with E-state index in [2.05, 4.69) is 29.5 Å². The van der Waals surface area contributed by atoms with Crippen molar-refractivity contribution in [1.29, 1.82) is 0 Å². The van der Waals surface area contributed by atoms with Crippen molar-refractivity contribution in [3.63, 3.8) is 0 Å². The largest absolute Gasteiger partial charge is 0.383 e. The lowest BCUT2D eigenvalue weighted by atomic mass is 10.1. The molecule has 2 N–H and O–H groups in total. The highest BCUT2D eigenvalue weighted by Gasteiger charge is 2.27. The van der Waals surface area contributed by atoms with Gasteiger partial charge < -0.3 is 15.4 Å². The first-order valence-corrected chi connectivity index (χ1v) is 6.23. The van der Waals surface area contributed by atoms with Crippen molar-refractivity contribution in [2.45, 2.75) is 19.4 Å². The molecule has 1 aliphatic rings. The van der Waals surface area contributed by atoms with Crippen molar-refractivity contribution < 1.29 is 9.53 Å². The van der Waals surface area contributed by atoms with Gasteiger partial charge in [-0.3, -0.25) is 9.79 Å². The number of carbonyl (C=O) groups is 1. The standard InChI is InChI=1S/C10H19N3O2S/c1-10(2)7-16-9(13-10)12-6-8(14)11-4-5-15-3/h4-7H2,1-3H3,(H,11,14)(H,12,13). The van der Waals surface area contributed by atoms with Gasteiger partial charge in [-0.05, 0) is 13.8 Å². The lowest BCUT2D eigenvalue weighted by molar-refractivity contribution is -0.119. The van der Waals surface area contributed by atoms with Crippen molar-refractivity contribution in [2.24, 2.45) is 4.99 Å². The van der Waals surface area contributed by atoms with E-state index in [1.54, 1.807) is 18.9 Å². The van der Waals surface area contributed by atoms with Gasteiger partial charge in [0.15, 0.2) is 5.17 Å². The second-order valence-electron chi connectivity index (χ2n) is 4.26. The minimum atomic E-state index is -0.0725. The van der Waals surface area contributed by atoms with Crippen LogP contribution in [0.25, 0.3) is 0 Å². The van der Waals surface area contributed by atoms with Crippen LogP contribution in [0.3, 0.4) is 0 Å². The average Bonchev–Trinajstić information content (AvgIpc) is 2.56. The van der Waals surface area contributed by atoms with Crippen LogP contribution in [0.1, 0.15) is 13.8 Å².